The molecule has 0 N–H and O–H groups in total. The summed E-state index contributed by atoms with van der Waals surface area (Å²) < 4.78 is 15.7. The predicted molar refractivity (Wildman–Crippen MR) is 96.6 cm³/mol. The van der Waals surface area contributed by atoms with Crippen molar-refractivity contribution in [3.63, 3.8) is 0 Å². The summed E-state index contributed by atoms with van der Waals surface area (Å²) in [6, 6.07) is 5.43. The Balaban J connectivity index is 0.00000100. The van der Waals surface area contributed by atoms with Gasteiger partial charge in [-0.05, 0) is 32.0 Å². The molecular weight excluding hydrogens is 327 g/mol. The third kappa shape index (κ3) is 3.08. The summed E-state index contributed by atoms with van der Waals surface area (Å²) in [7, 11) is 0. The molecule has 4 nitrogen and oxygen atoms in total. The van der Waals surface area contributed by atoms with Crippen molar-refractivity contribution in [1.29, 1.82) is 0 Å². The molecule has 2 aromatic rings. The van der Waals surface area contributed by atoms with Crippen LogP contribution >= 0.6 is 11.6 Å². The van der Waals surface area contributed by atoms with Crippen LogP contribution in [0.1, 0.15) is 24.1 Å². The first kappa shape index (κ1) is 17.8. The molecule has 0 saturated carbocycles. The van der Waals surface area contributed by atoms with Crippen LogP contribution in [0.2, 0.25) is 5.02 Å². The van der Waals surface area contributed by atoms with Gasteiger partial charge in [0.2, 0.25) is 0 Å². The Bertz CT molecular complexity index is 849. The minimum atomic E-state index is -0.526. The van der Waals surface area contributed by atoms with Gasteiger partial charge in [-0.25, -0.2) is 4.39 Å². The lowest BCUT2D eigenvalue weighted by Crippen LogP contribution is -2.09. The molecular formula is C18H18ClFN4. The Morgan fingerprint density at radius 1 is 1.33 bits per heavy atom. The van der Waals surface area contributed by atoms with Crippen molar-refractivity contribution in [1.82, 2.24) is 14.8 Å². The van der Waals surface area contributed by atoms with Gasteiger partial charge < -0.3 is 0 Å². The monoisotopic (exact) mass is 344 g/mol. The molecule has 0 radical (unpaired) electrons. The topological polar surface area (TPSA) is 43.1 Å². The quantitative estimate of drug-likeness (QED) is 0.582. The zero-order valence-corrected chi connectivity index (χ0v) is 14.4. The molecule has 1 aromatic heterocycles. The minimum absolute atomic E-state index is 0.313. The van der Waals surface area contributed by atoms with Crippen LogP contribution in [-0.4, -0.2) is 20.5 Å². The highest BCUT2D eigenvalue weighted by atomic mass is 35.5. The van der Waals surface area contributed by atoms with E-state index in [9.17, 15) is 4.39 Å². The second-order valence-electron chi connectivity index (χ2n) is 4.93. The number of halogens is 2. The van der Waals surface area contributed by atoms with Gasteiger partial charge in [-0.3, -0.25) is 9.56 Å². The molecule has 2 heterocycles. The number of allylic oxidation sites excluding steroid dienone is 3. The summed E-state index contributed by atoms with van der Waals surface area (Å²) in [5, 5.41) is 8.79. The van der Waals surface area contributed by atoms with Crippen LogP contribution in [0.4, 0.5) is 4.39 Å². The molecule has 24 heavy (non-hydrogen) atoms. The van der Waals surface area contributed by atoms with Gasteiger partial charge in [0.05, 0.1) is 11.4 Å². The Labute approximate surface area is 145 Å². The molecule has 0 spiro atoms. The van der Waals surface area contributed by atoms with E-state index in [1.807, 2.05) is 17.6 Å². The summed E-state index contributed by atoms with van der Waals surface area (Å²) >= 11 is 6.13. The number of hydrogen-bond donors (Lipinski definition) is 0. The Morgan fingerprint density at radius 3 is 2.67 bits per heavy atom. The highest BCUT2D eigenvalue weighted by molar-refractivity contribution is 6.31. The van der Waals surface area contributed by atoms with Crippen molar-refractivity contribution in [2.24, 2.45) is 4.99 Å². The number of rotatable bonds is 2. The maximum atomic E-state index is 13.8. The van der Waals surface area contributed by atoms with Gasteiger partial charge in [-0.15, -0.1) is 23.4 Å². The highest BCUT2D eigenvalue weighted by Crippen LogP contribution is 2.29. The van der Waals surface area contributed by atoms with E-state index < -0.39 is 5.83 Å². The zero-order valence-electron chi connectivity index (χ0n) is 13.7. The minimum Gasteiger partial charge on any atom is -0.281 e. The van der Waals surface area contributed by atoms with Crippen LogP contribution < -0.4 is 0 Å². The number of fused-ring (bicyclic) bond motifs is 3. The van der Waals surface area contributed by atoms with Gasteiger partial charge in [-0.1, -0.05) is 24.3 Å². The second kappa shape index (κ2) is 7.36. The molecule has 0 amide bonds. The summed E-state index contributed by atoms with van der Waals surface area (Å²) in [6.45, 7) is 13.3. The standard InChI is InChI=1S/C16H14ClFN4.C2H4/c1-4-12(9(2)18)16-13-7-11(17)5-6-14(13)22-10(3)20-21-15(22)8-19-16;1-2/h4-7H,2,8H2,1,3H3;1-2H2/b12-4+;. The fourth-order valence-corrected chi connectivity index (χ4v) is 2.77. The number of benzene rings is 1. The molecule has 0 fully saturated rings. The van der Waals surface area contributed by atoms with Gasteiger partial charge in [0.15, 0.2) is 5.82 Å². The maximum Gasteiger partial charge on any atom is 0.159 e. The Hall–Kier alpha value is -2.53. The van der Waals surface area contributed by atoms with Crippen molar-refractivity contribution in [2.75, 3.05) is 0 Å². The maximum absolute atomic E-state index is 13.8. The van der Waals surface area contributed by atoms with E-state index in [0.29, 0.717) is 28.7 Å². The van der Waals surface area contributed by atoms with Crippen LogP contribution in [0.3, 0.4) is 0 Å². The smallest absolute Gasteiger partial charge is 0.159 e. The summed E-state index contributed by atoms with van der Waals surface area (Å²) in [5.41, 5.74) is 2.46. The average Bonchev–Trinajstić information content (AvgIpc) is 2.85. The first-order chi connectivity index (χ1) is 11.5. The molecule has 0 saturated heterocycles. The molecule has 0 bridgehead atoms. The van der Waals surface area contributed by atoms with Crippen LogP contribution in [0.5, 0.6) is 0 Å². The number of nitrogens with zero attached hydrogens (tertiary/aromatic N) is 4. The van der Waals surface area contributed by atoms with Crippen LogP contribution in [0.25, 0.3) is 5.69 Å². The fraction of sp³-hybridized carbons (Fsp3) is 0.167. The summed E-state index contributed by atoms with van der Waals surface area (Å²) in [6.07, 6.45) is 1.66. The fourth-order valence-electron chi connectivity index (χ4n) is 2.60. The molecule has 1 aromatic carbocycles. The first-order valence-corrected chi connectivity index (χ1v) is 7.67. The largest absolute Gasteiger partial charge is 0.281 e. The first-order valence-electron chi connectivity index (χ1n) is 7.30. The van der Waals surface area contributed by atoms with E-state index >= 15 is 0 Å². The van der Waals surface area contributed by atoms with E-state index in [0.717, 1.165) is 17.1 Å². The average molecular weight is 345 g/mol. The van der Waals surface area contributed by atoms with Crippen LogP contribution in [0.15, 0.2) is 60.4 Å². The molecule has 0 aliphatic carbocycles. The molecule has 0 unspecified atom stereocenters. The van der Waals surface area contributed by atoms with Crippen molar-refractivity contribution in [3.8, 4) is 5.69 Å². The van der Waals surface area contributed by atoms with Crippen molar-refractivity contribution in [3.05, 3.63) is 77.6 Å². The van der Waals surface area contributed by atoms with Crippen LogP contribution in [-0.2, 0) is 6.54 Å². The van der Waals surface area contributed by atoms with Crippen molar-refractivity contribution >= 4 is 17.3 Å². The molecule has 3 rings (SSSR count). The van der Waals surface area contributed by atoms with Gasteiger partial charge in [-0.2, -0.15) is 0 Å². The number of aliphatic imine (C=N–C) groups is 1. The SMILES string of the molecule is C=C.C=C(F)/C(=C\C)C1=NCc2nnc(C)n2-c2ccc(Cl)cc21. The lowest BCUT2D eigenvalue weighted by atomic mass is 9.99. The lowest BCUT2D eigenvalue weighted by Gasteiger charge is -2.13. The van der Waals surface area contributed by atoms with E-state index in [2.05, 4.69) is 34.9 Å². The highest BCUT2D eigenvalue weighted by Gasteiger charge is 2.23. The van der Waals surface area contributed by atoms with Crippen molar-refractivity contribution in [2.45, 2.75) is 20.4 Å². The number of aromatic nitrogens is 3. The third-order valence-corrected chi connectivity index (χ3v) is 3.80. The van der Waals surface area contributed by atoms with Gasteiger partial charge in [0.25, 0.3) is 0 Å². The molecule has 6 heteroatoms. The van der Waals surface area contributed by atoms with E-state index in [-0.39, 0.29) is 0 Å². The second-order valence-corrected chi connectivity index (χ2v) is 5.37. The summed E-state index contributed by atoms with van der Waals surface area (Å²) in [4.78, 5) is 4.52. The Morgan fingerprint density at radius 2 is 2.04 bits per heavy atom. The molecule has 124 valence electrons. The summed E-state index contributed by atoms with van der Waals surface area (Å²) in [5.74, 6) is 0.925. The molecule has 0 atom stereocenters. The Kier molecular flexibility index (Phi) is 5.46. The molecule has 1 aliphatic rings. The normalized spacial score (nSPS) is 13.0. The number of hydrogen-bond acceptors (Lipinski definition) is 3. The zero-order chi connectivity index (χ0) is 17.9. The third-order valence-electron chi connectivity index (χ3n) is 3.56. The van der Waals surface area contributed by atoms with E-state index in [4.69, 9.17) is 11.6 Å². The van der Waals surface area contributed by atoms with Gasteiger partial charge >= 0.3 is 0 Å². The predicted octanol–water partition coefficient (Wildman–Crippen LogP) is 4.76. The lowest BCUT2D eigenvalue weighted by molar-refractivity contribution is 0.664. The van der Waals surface area contributed by atoms with E-state index in [1.165, 1.54) is 0 Å². The van der Waals surface area contributed by atoms with Gasteiger partial charge in [0.1, 0.15) is 18.2 Å². The van der Waals surface area contributed by atoms with Gasteiger partial charge in [0, 0.05) is 16.2 Å². The number of aryl methyl sites for hydroxylation is 1. The molecule has 1 aliphatic heterocycles. The van der Waals surface area contributed by atoms with Crippen molar-refractivity contribution < 1.29 is 4.39 Å². The van der Waals surface area contributed by atoms with Crippen LogP contribution in [0, 0.1) is 6.92 Å². The van der Waals surface area contributed by atoms with E-state index in [1.54, 1.807) is 25.1 Å².